The summed E-state index contributed by atoms with van der Waals surface area (Å²) in [7, 11) is 0. The van der Waals surface area contributed by atoms with Gasteiger partial charge in [0, 0.05) is 24.5 Å². The van der Waals surface area contributed by atoms with Crippen LogP contribution in [0.2, 0.25) is 0 Å². The number of hydrogen-bond donors (Lipinski definition) is 2. The standard InChI is InChI=1S/C11H17ClN2O3/c1-8(12)6-13-11(17)14-4-2-3-9(7-14)5-10(15)16/h9H,1-7H2,(H,13,17)(H,15,16). The van der Waals surface area contributed by atoms with Crippen molar-refractivity contribution in [3.8, 4) is 0 Å². The van der Waals surface area contributed by atoms with E-state index in [0.29, 0.717) is 18.1 Å². The van der Waals surface area contributed by atoms with Crippen molar-refractivity contribution < 1.29 is 14.7 Å². The lowest BCUT2D eigenvalue weighted by Gasteiger charge is -2.32. The summed E-state index contributed by atoms with van der Waals surface area (Å²) in [5, 5.41) is 11.7. The quantitative estimate of drug-likeness (QED) is 0.807. The summed E-state index contributed by atoms with van der Waals surface area (Å²) < 4.78 is 0. The summed E-state index contributed by atoms with van der Waals surface area (Å²) in [4.78, 5) is 23.9. The number of nitrogens with zero attached hydrogens (tertiary/aromatic N) is 1. The molecular weight excluding hydrogens is 244 g/mol. The van der Waals surface area contributed by atoms with Gasteiger partial charge in [0.2, 0.25) is 0 Å². The predicted octanol–water partition coefficient (Wildman–Crippen LogP) is 1.64. The number of carboxylic acid groups (broad SMARTS) is 1. The van der Waals surface area contributed by atoms with E-state index in [1.807, 2.05) is 0 Å². The van der Waals surface area contributed by atoms with Crippen molar-refractivity contribution in [3.05, 3.63) is 11.6 Å². The van der Waals surface area contributed by atoms with E-state index in [2.05, 4.69) is 11.9 Å². The van der Waals surface area contributed by atoms with Crippen LogP contribution in [-0.4, -0.2) is 41.6 Å². The molecule has 0 aliphatic carbocycles. The summed E-state index contributed by atoms with van der Waals surface area (Å²) in [5.74, 6) is -0.766. The molecule has 0 aromatic rings. The normalized spacial score (nSPS) is 19.8. The number of carbonyl (C=O) groups excluding carboxylic acids is 1. The Bertz CT molecular complexity index is 320. The van der Waals surface area contributed by atoms with Gasteiger partial charge in [-0.3, -0.25) is 4.79 Å². The van der Waals surface area contributed by atoms with Crippen molar-refractivity contribution in [2.75, 3.05) is 19.6 Å². The number of rotatable bonds is 4. The van der Waals surface area contributed by atoms with Gasteiger partial charge in [-0.15, -0.1) is 0 Å². The zero-order valence-electron chi connectivity index (χ0n) is 9.62. The van der Waals surface area contributed by atoms with Crippen LogP contribution in [0.1, 0.15) is 19.3 Å². The van der Waals surface area contributed by atoms with E-state index in [1.165, 1.54) is 0 Å². The van der Waals surface area contributed by atoms with Crippen LogP contribution < -0.4 is 5.32 Å². The second kappa shape index (κ2) is 6.49. The summed E-state index contributed by atoms with van der Waals surface area (Å²) >= 11 is 5.55. The molecule has 2 amide bonds. The Labute approximate surface area is 105 Å². The second-order valence-electron chi connectivity index (χ2n) is 4.23. The molecule has 0 aromatic carbocycles. The Balaban J connectivity index is 2.40. The lowest BCUT2D eigenvalue weighted by atomic mass is 9.95. The van der Waals surface area contributed by atoms with Gasteiger partial charge in [0.1, 0.15) is 0 Å². The van der Waals surface area contributed by atoms with Gasteiger partial charge in [0.05, 0.1) is 6.54 Å². The van der Waals surface area contributed by atoms with Crippen LogP contribution in [0.4, 0.5) is 4.79 Å². The van der Waals surface area contributed by atoms with Gasteiger partial charge in [-0.05, 0) is 18.8 Å². The third-order valence-corrected chi connectivity index (χ3v) is 2.83. The van der Waals surface area contributed by atoms with Crippen LogP contribution in [0.25, 0.3) is 0 Å². The highest BCUT2D eigenvalue weighted by Gasteiger charge is 2.24. The average Bonchev–Trinajstić information content (AvgIpc) is 2.25. The highest BCUT2D eigenvalue weighted by atomic mass is 35.5. The van der Waals surface area contributed by atoms with Crippen LogP contribution in [0.3, 0.4) is 0 Å². The fourth-order valence-electron chi connectivity index (χ4n) is 1.95. The second-order valence-corrected chi connectivity index (χ2v) is 4.76. The van der Waals surface area contributed by atoms with E-state index in [9.17, 15) is 9.59 Å². The Morgan fingerprint density at radius 2 is 2.24 bits per heavy atom. The number of hydrogen-bond acceptors (Lipinski definition) is 2. The minimum Gasteiger partial charge on any atom is -0.481 e. The van der Waals surface area contributed by atoms with Crippen molar-refractivity contribution in [2.24, 2.45) is 5.92 Å². The lowest BCUT2D eigenvalue weighted by Crippen LogP contribution is -2.46. The van der Waals surface area contributed by atoms with Gasteiger partial charge in [0.25, 0.3) is 0 Å². The molecule has 1 aliphatic heterocycles. The van der Waals surface area contributed by atoms with Crippen molar-refractivity contribution in [2.45, 2.75) is 19.3 Å². The largest absolute Gasteiger partial charge is 0.481 e. The molecule has 1 heterocycles. The van der Waals surface area contributed by atoms with E-state index >= 15 is 0 Å². The van der Waals surface area contributed by atoms with E-state index in [-0.39, 0.29) is 24.9 Å². The van der Waals surface area contributed by atoms with Gasteiger partial charge >= 0.3 is 12.0 Å². The molecule has 5 nitrogen and oxygen atoms in total. The molecule has 0 aromatic heterocycles. The minimum atomic E-state index is -0.814. The number of nitrogens with one attached hydrogen (secondary N) is 1. The van der Waals surface area contributed by atoms with Crippen LogP contribution in [-0.2, 0) is 4.79 Å². The Hall–Kier alpha value is -1.23. The highest BCUT2D eigenvalue weighted by Crippen LogP contribution is 2.19. The Morgan fingerprint density at radius 3 is 2.82 bits per heavy atom. The number of aliphatic carboxylic acids is 1. The molecule has 96 valence electrons. The molecule has 1 unspecified atom stereocenters. The highest BCUT2D eigenvalue weighted by molar-refractivity contribution is 6.29. The molecule has 1 fully saturated rings. The van der Waals surface area contributed by atoms with Crippen LogP contribution in [0.5, 0.6) is 0 Å². The summed E-state index contributed by atoms with van der Waals surface area (Å²) in [6, 6.07) is -0.207. The van der Waals surface area contributed by atoms with Crippen molar-refractivity contribution in [3.63, 3.8) is 0 Å². The fraction of sp³-hybridized carbons (Fsp3) is 0.636. The van der Waals surface area contributed by atoms with E-state index in [1.54, 1.807) is 4.90 Å². The number of halogens is 1. The van der Waals surface area contributed by atoms with Gasteiger partial charge in [-0.25, -0.2) is 4.79 Å². The number of urea groups is 1. The number of carboxylic acids is 1. The van der Waals surface area contributed by atoms with Crippen molar-refractivity contribution in [1.29, 1.82) is 0 Å². The van der Waals surface area contributed by atoms with Crippen LogP contribution in [0, 0.1) is 5.92 Å². The first-order valence-electron chi connectivity index (χ1n) is 5.57. The molecule has 0 bridgehead atoms. The first kappa shape index (κ1) is 13.8. The monoisotopic (exact) mass is 260 g/mol. The molecule has 1 rings (SSSR count). The molecule has 6 heteroatoms. The molecule has 17 heavy (non-hydrogen) atoms. The SMILES string of the molecule is C=C(Cl)CNC(=O)N1CCCC(CC(=O)O)C1. The van der Waals surface area contributed by atoms with Crippen LogP contribution >= 0.6 is 11.6 Å². The molecule has 0 saturated carbocycles. The van der Waals surface area contributed by atoms with E-state index < -0.39 is 5.97 Å². The first-order valence-corrected chi connectivity index (χ1v) is 5.94. The Morgan fingerprint density at radius 1 is 1.53 bits per heavy atom. The maximum Gasteiger partial charge on any atom is 0.317 e. The van der Waals surface area contributed by atoms with E-state index in [4.69, 9.17) is 16.7 Å². The molecular formula is C11H17ClN2O3. The van der Waals surface area contributed by atoms with Gasteiger partial charge in [0.15, 0.2) is 0 Å². The van der Waals surface area contributed by atoms with Crippen molar-refractivity contribution in [1.82, 2.24) is 10.2 Å². The third kappa shape index (κ3) is 5.08. The fourth-order valence-corrected chi connectivity index (χ4v) is 2.01. The molecule has 1 aliphatic rings. The van der Waals surface area contributed by atoms with E-state index in [0.717, 1.165) is 12.8 Å². The summed E-state index contributed by atoms with van der Waals surface area (Å²) in [5.41, 5.74) is 0. The van der Waals surface area contributed by atoms with Crippen molar-refractivity contribution >= 4 is 23.6 Å². The molecule has 1 saturated heterocycles. The topological polar surface area (TPSA) is 69.6 Å². The smallest absolute Gasteiger partial charge is 0.317 e. The zero-order chi connectivity index (χ0) is 12.8. The average molecular weight is 261 g/mol. The molecule has 2 N–H and O–H groups in total. The zero-order valence-corrected chi connectivity index (χ0v) is 10.4. The number of likely N-dealkylation sites (tertiary alicyclic amines) is 1. The van der Waals surface area contributed by atoms with Crippen LogP contribution in [0.15, 0.2) is 11.6 Å². The predicted molar refractivity (Wildman–Crippen MR) is 64.9 cm³/mol. The van der Waals surface area contributed by atoms with Gasteiger partial charge in [-0.2, -0.15) is 0 Å². The minimum absolute atomic E-state index is 0.0474. The molecule has 0 radical (unpaired) electrons. The molecule has 0 spiro atoms. The first-order chi connectivity index (χ1) is 7.99. The summed E-state index contributed by atoms with van der Waals surface area (Å²) in [6.07, 6.45) is 1.82. The number of amides is 2. The summed E-state index contributed by atoms with van der Waals surface area (Å²) in [6.45, 7) is 4.87. The van der Waals surface area contributed by atoms with Gasteiger partial charge < -0.3 is 15.3 Å². The Kier molecular flexibility index (Phi) is 5.28. The number of piperidine rings is 1. The molecule has 1 atom stereocenters. The lowest BCUT2D eigenvalue weighted by molar-refractivity contribution is -0.138. The third-order valence-electron chi connectivity index (χ3n) is 2.70. The number of carbonyl (C=O) groups is 2. The maximum absolute atomic E-state index is 11.7. The maximum atomic E-state index is 11.7. The van der Waals surface area contributed by atoms with Gasteiger partial charge in [-0.1, -0.05) is 18.2 Å².